The highest BCUT2D eigenvalue weighted by Crippen LogP contribution is 2.39. The number of hydrogen-bond acceptors (Lipinski definition) is 2. The van der Waals surface area contributed by atoms with Gasteiger partial charge in [-0.15, -0.1) is 0 Å². The molecular weight excluding hydrogens is 370 g/mol. The predicted octanol–water partition coefficient (Wildman–Crippen LogP) is 6.59. The van der Waals surface area contributed by atoms with Crippen molar-refractivity contribution in [1.29, 1.82) is 0 Å². The van der Waals surface area contributed by atoms with Crippen LogP contribution in [-0.4, -0.2) is 21.2 Å². The Morgan fingerprint density at radius 3 is 2.63 bits per heavy atom. The zero-order valence-corrected chi connectivity index (χ0v) is 18.7. The fraction of sp³-hybridized carbons (Fsp3) is 0.346. The third-order valence-corrected chi connectivity index (χ3v) is 5.96. The van der Waals surface area contributed by atoms with Crippen molar-refractivity contribution in [3.8, 4) is 17.3 Å². The van der Waals surface area contributed by atoms with E-state index in [9.17, 15) is 0 Å². The molecule has 4 heteroatoms. The van der Waals surface area contributed by atoms with E-state index in [1.165, 1.54) is 29.3 Å². The number of aromatic nitrogens is 3. The summed E-state index contributed by atoms with van der Waals surface area (Å²) in [6.07, 6.45) is 4.51. The maximum Gasteiger partial charge on any atom is 0.157 e. The molecule has 2 heterocycles. The number of para-hydroxylation sites is 1. The molecule has 0 amide bonds. The van der Waals surface area contributed by atoms with Gasteiger partial charge in [-0.05, 0) is 61.1 Å². The second-order valence-electron chi connectivity index (χ2n) is 7.88. The Morgan fingerprint density at radius 1 is 1.20 bits per heavy atom. The van der Waals surface area contributed by atoms with E-state index in [0.29, 0.717) is 0 Å². The van der Waals surface area contributed by atoms with Gasteiger partial charge in [0.2, 0.25) is 0 Å². The van der Waals surface area contributed by atoms with Crippen LogP contribution in [-0.2, 0) is 13.6 Å². The summed E-state index contributed by atoms with van der Waals surface area (Å²) in [6, 6.07) is 12.9. The molecule has 5 rings (SSSR count). The van der Waals surface area contributed by atoms with Crippen molar-refractivity contribution >= 4 is 28.0 Å². The van der Waals surface area contributed by atoms with Gasteiger partial charge in [0.15, 0.2) is 5.82 Å². The number of rotatable bonds is 5. The molecule has 4 aromatic rings. The summed E-state index contributed by atoms with van der Waals surface area (Å²) in [7, 11) is 3.85. The van der Waals surface area contributed by atoms with Crippen LogP contribution in [0.4, 0.5) is 0 Å². The van der Waals surface area contributed by atoms with Crippen molar-refractivity contribution in [2.75, 3.05) is 7.11 Å². The quantitative estimate of drug-likeness (QED) is 0.378. The van der Waals surface area contributed by atoms with Gasteiger partial charge < -0.3 is 13.9 Å². The van der Waals surface area contributed by atoms with Crippen LogP contribution in [0.2, 0.25) is 0 Å². The third-order valence-electron chi connectivity index (χ3n) is 5.96. The topological polar surface area (TPSA) is 32.0 Å². The molecule has 156 valence electrons. The average Bonchev–Trinajstić information content (AvgIpc) is 3.45. The Hall–Kier alpha value is -3.01. The predicted molar refractivity (Wildman–Crippen MR) is 127 cm³/mol. The van der Waals surface area contributed by atoms with Crippen molar-refractivity contribution in [1.82, 2.24) is 14.1 Å². The Labute approximate surface area is 178 Å². The van der Waals surface area contributed by atoms with Crippen molar-refractivity contribution in [2.45, 2.75) is 40.2 Å². The fourth-order valence-corrected chi connectivity index (χ4v) is 4.20. The molecule has 0 saturated heterocycles. The third kappa shape index (κ3) is 3.30. The summed E-state index contributed by atoms with van der Waals surface area (Å²) in [4.78, 5) is 5.02. The first-order chi connectivity index (χ1) is 14.6. The van der Waals surface area contributed by atoms with E-state index in [-0.39, 0.29) is 0 Å². The SMILES string of the molecule is C=Cc1cc2nc(-c3cc4cccc(OC)c4n3CC3CC3)n(C)c2cc1C.CC. The molecule has 0 bridgehead atoms. The van der Waals surface area contributed by atoms with Gasteiger partial charge in [0.25, 0.3) is 0 Å². The molecule has 0 radical (unpaired) electrons. The molecule has 0 spiro atoms. The molecule has 2 aromatic carbocycles. The minimum atomic E-state index is 0.753. The molecule has 30 heavy (non-hydrogen) atoms. The first kappa shape index (κ1) is 20.3. The van der Waals surface area contributed by atoms with E-state index in [0.717, 1.165) is 46.3 Å². The van der Waals surface area contributed by atoms with Crippen LogP contribution < -0.4 is 4.74 Å². The standard InChI is InChI=1S/C24H25N3O.C2H6/c1-5-17-12-19-20(11-15(17)2)26(3)24(25-19)21-13-18-7-6-8-22(28-4)23(18)27(21)14-16-9-10-16;1-2/h5-8,11-13,16H,1,9-10,14H2,2-4H3;1-2H3. The number of ether oxygens (including phenoxy) is 1. The summed E-state index contributed by atoms with van der Waals surface area (Å²) < 4.78 is 10.3. The highest BCUT2D eigenvalue weighted by molar-refractivity contribution is 5.92. The molecule has 0 aliphatic heterocycles. The lowest BCUT2D eigenvalue weighted by molar-refractivity contribution is 0.417. The molecule has 1 aliphatic carbocycles. The summed E-state index contributed by atoms with van der Waals surface area (Å²) >= 11 is 0. The van der Waals surface area contributed by atoms with Crippen LogP contribution in [0.25, 0.3) is 39.5 Å². The molecule has 1 fully saturated rings. The zero-order valence-electron chi connectivity index (χ0n) is 18.7. The van der Waals surface area contributed by atoms with Gasteiger partial charge in [-0.25, -0.2) is 4.98 Å². The lowest BCUT2D eigenvalue weighted by Gasteiger charge is -2.12. The lowest BCUT2D eigenvalue weighted by Crippen LogP contribution is -2.05. The molecule has 0 N–H and O–H groups in total. The highest BCUT2D eigenvalue weighted by atomic mass is 16.5. The lowest BCUT2D eigenvalue weighted by atomic mass is 10.1. The van der Waals surface area contributed by atoms with Crippen LogP contribution in [0.15, 0.2) is 43.0 Å². The fourth-order valence-electron chi connectivity index (χ4n) is 4.20. The molecular formula is C26H31N3O. The van der Waals surface area contributed by atoms with Gasteiger partial charge in [0, 0.05) is 19.0 Å². The van der Waals surface area contributed by atoms with E-state index in [2.05, 4.69) is 60.0 Å². The Morgan fingerprint density at radius 2 is 1.97 bits per heavy atom. The number of fused-ring (bicyclic) bond motifs is 2. The van der Waals surface area contributed by atoms with Gasteiger partial charge in [-0.2, -0.15) is 0 Å². The number of hydrogen-bond donors (Lipinski definition) is 0. The molecule has 0 unspecified atom stereocenters. The number of methoxy groups -OCH3 is 1. The van der Waals surface area contributed by atoms with Crippen molar-refractivity contribution in [2.24, 2.45) is 13.0 Å². The molecule has 0 atom stereocenters. The molecule has 2 aromatic heterocycles. The van der Waals surface area contributed by atoms with E-state index in [1.807, 2.05) is 26.0 Å². The second-order valence-corrected chi connectivity index (χ2v) is 7.88. The monoisotopic (exact) mass is 401 g/mol. The van der Waals surface area contributed by atoms with E-state index >= 15 is 0 Å². The minimum Gasteiger partial charge on any atom is -0.495 e. The first-order valence-corrected chi connectivity index (χ1v) is 10.9. The molecule has 1 aliphatic rings. The van der Waals surface area contributed by atoms with Gasteiger partial charge in [0.05, 0.1) is 29.4 Å². The second kappa shape index (κ2) is 8.02. The van der Waals surface area contributed by atoms with E-state index < -0.39 is 0 Å². The molecule has 1 saturated carbocycles. The summed E-state index contributed by atoms with van der Waals surface area (Å²) in [5.74, 6) is 2.67. The summed E-state index contributed by atoms with van der Waals surface area (Å²) in [5, 5.41) is 1.20. The maximum absolute atomic E-state index is 5.70. The maximum atomic E-state index is 5.70. The summed E-state index contributed by atoms with van der Waals surface area (Å²) in [5.41, 5.74) is 6.83. The number of nitrogens with zero attached hydrogens (tertiary/aromatic N) is 3. The Balaban J connectivity index is 0.00000106. The van der Waals surface area contributed by atoms with Crippen LogP contribution in [0.3, 0.4) is 0 Å². The van der Waals surface area contributed by atoms with Gasteiger partial charge in [-0.1, -0.05) is 38.6 Å². The largest absolute Gasteiger partial charge is 0.495 e. The highest BCUT2D eigenvalue weighted by Gasteiger charge is 2.26. The number of aryl methyl sites for hydroxylation is 2. The Bertz CT molecular complexity index is 1220. The van der Waals surface area contributed by atoms with E-state index in [1.54, 1.807) is 7.11 Å². The van der Waals surface area contributed by atoms with Gasteiger partial charge in [0.1, 0.15) is 5.75 Å². The van der Waals surface area contributed by atoms with Crippen LogP contribution in [0.1, 0.15) is 37.8 Å². The zero-order chi connectivity index (χ0) is 21.4. The number of benzene rings is 2. The molecule has 4 nitrogen and oxygen atoms in total. The van der Waals surface area contributed by atoms with Crippen LogP contribution in [0, 0.1) is 12.8 Å². The normalized spacial score (nSPS) is 13.4. The average molecular weight is 402 g/mol. The smallest absolute Gasteiger partial charge is 0.157 e. The number of imidazole rings is 1. The van der Waals surface area contributed by atoms with Gasteiger partial charge in [-0.3, -0.25) is 0 Å². The van der Waals surface area contributed by atoms with Crippen molar-refractivity contribution in [3.05, 3.63) is 54.1 Å². The summed E-state index contributed by atoms with van der Waals surface area (Å²) in [6.45, 7) is 11.1. The van der Waals surface area contributed by atoms with Crippen molar-refractivity contribution in [3.63, 3.8) is 0 Å². The van der Waals surface area contributed by atoms with Gasteiger partial charge >= 0.3 is 0 Å². The van der Waals surface area contributed by atoms with Crippen LogP contribution in [0.5, 0.6) is 5.75 Å². The first-order valence-electron chi connectivity index (χ1n) is 10.9. The minimum absolute atomic E-state index is 0.753. The van der Waals surface area contributed by atoms with E-state index in [4.69, 9.17) is 9.72 Å². The Kier molecular flexibility index (Phi) is 5.42. The van der Waals surface area contributed by atoms with Crippen LogP contribution >= 0.6 is 0 Å². The van der Waals surface area contributed by atoms with Crippen molar-refractivity contribution < 1.29 is 4.74 Å².